The monoisotopic (exact) mass is 385 g/mol. The molecule has 0 atom stereocenters. The number of hydrogen-bond donors (Lipinski definition) is 1. The zero-order chi connectivity index (χ0) is 19.2. The average Bonchev–Trinajstić information content (AvgIpc) is 3.13. The zero-order valence-electron chi connectivity index (χ0n) is 15.1. The summed E-state index contributed by atoms with van der Waals surface area (Å²) in [7, 11) is 3.98. The number of benzene rings is 2. The number of hydrogen-bond acceptors (Lipinski definition) is 5. The van der Waals surface area contributed by atoms with E-state index in [4.69, 9.17) is 16.3 Å². The molecule has 0 radical (unpaired) electrons. The summed E-state index contributed by atoms with van der Waals surface area (Å²) >= 11 is 6.14. The molecule has 1 amide bonds. The molecule has 0 unspecified atom stereocenters. The number of aromatic nitrogens is 3. The summed E-state index contributed by atoms with van der Waals surface area (Å²) in [4.78, 5) is 14.4. The molecule has 1 aromatic heterocycles. The van der Waals surface area contributed by atoms with Gasteiger partial charge in [0.15, 0.2) is 5.69 Å². The van der Waals surface area contributed by atoms with E-state index in [0.717, 1.165) is 12.3 Å². The molecule has 0 saturated carbocycles. The Bertz CT molecular complexity index is 908. The highest BCUT2D eigenvalue weighted by molar-refractivity contribution is 6.32. The van der Waals surface area contributed by atoms with Crippen LogP contribution in [0.3, 0.4) is 0 Å². The van der Waals surface area contributed by atoms with Crippen LogP contribution >= 0.6 is 11.6 Å². The Hall–Kier alpha value is -2.90. The Kier molecular flexibility index (Phi) is 6.05. The minimum atomic E-state index is -0.352. The van der Waals surface area contributed by atoms with E-state index in [2.05, 4.69) is 15.6 Å². The van der Waals surface area contributed by atoms with Gasteiger partial charge in [-0.15, -0.1) is 5.10 Å². The molecule has 3 aromatic rings. The predicted octanol–water partition coefficient (Wildman–Crippen LogP) is 3.11. The number of amides is 1. The van der Waals surface area contributed by atoms with Crippen LogP contribution < -0.4 is 10.1 Å². The van der Waals surface area contributed by atoms with E-state index in [9.17, 15) is 4.79 Å². The fourth-order valence-corrected chi connectivity index (χ4v) is 2.52. The van der Waals surface area contributed by atoms with Gasteiger partial charge in [-0.25, -0.2) is 4.68 Å². The number of para-hydroxylation sites is 1. The number of carbonyl (C=O) groups is 1. The first-order chi connectivity index (χ1) is 13.0. The van der Waals surface area contributed by atoms with Crippen LogP contribution in [-0.2, 0) is 0 Å². The Balaban J connectivity index is 1.62. The molecule has 3 rings (SSSR count). The summed E-state index contributed by atoms with van der Waals surface area (Å²) in [5.41, 5.74) is 1.50. The average molecular weight is 386 g/mol. The second kappa shape index (κ2) is 8.66. The van der Waals surface area contributed by atoms with Gasteiger partial charge in [0.25, 0.3) is 5.91 Å². The topological polar surface area (TPSA) is 72.3 Å². The molecule has 0 bridgehead atoms. The molecular weight excluding hydrogens is 366 g/mol. The smallest absolute Gasteiger partial charge is 0.277 e. The lowest BCUT2D eigenvalue weighted by Gasteiger charge is -2.11. The number of rotatable bonds is 7. The third-order valence-corrected chi connectivity index (χ3v) is 4.06. The Morgan fingerprint density at radius 3 is 2.63 bits per heavy atom. The van der Waals surface area contributed by atoms with Gasteiger partial charge in [-0.05, 0) is 50.5 Å². The van der Waals surface area contributed by atoms with Crippen LogP contribution in [0, 0.1) is 0 Å². The van der Waals surface area contributed by atoms with Crippen LogP contribution in [0.2, 0.25) is 5.02 Å². The predicted molar refractivity (Wildman–Crippen MR) is 105 cm³/mol. The van der Waals surface area contributed by atoms with Crippen molar-refractivity contribution in [2.45, 2.75) is 0 Å². The van der Waals surface area contributed by atoms with E-state index in [1.807, 2.05) is 43.3 Å². The second-order valence-corrected chi connectivity index (χ2v) is 6.54. The number of nitrogens with zero attached hydrogens (tertiary/aromatic N) is 4. The third-order valence-electron chi connectivity index (χ3n) is 3.74. The van der Waals surface area contributed by atoms with Gasteiger partial charge in [0.2, 0.25) is 0 Å². The molecule has 0 aliphatic carbocycles. The maximum absolute atomic E-state index is 12.4. The number of nitrogens with one attached hydrogen (secondary N) is 1. The second-order valence-electron chi connectivity index (χ2n) is 6.13. The fraction of sp³-hybridized carbons (Fsp3) is 0.211. The summed E-state index contributed by atoms with van der Waals surface area (Å²) in [5.74, 6) is 0.397. The number of halogens is 1. The van der Waals surface area contributed by atoms with Gasteiger partial charge >= 0.3 is 0 Å². The summed E-state index contributed by atoms with van der Waals surface area (Å²) in [6.45, 7) is 1.43. The van der Waals surface area contributed by atoms with Gasteiger partial charge in [-0.1, -0.05) is 28.9 Å². The lowest BCUT2D eigenvalue weighted by atomic mass is 10.3. The Morgan fingerprint density at radius 2 is 1.93 bits per heavy atom. The fourth-order valence-electron chi connectivity index (χ4n) is 2.30. The molecule has 2 aromatic carbocycles. The SMILES string of the molecule is CN(C)CCOc1ccc(NC(=O)c2cn(-c3ccccc3Cl)nn2)cc1. The first kappa shape index (κ1) is 18.9. The highest BCUT2D eigenvalue weighted by atomic mass is 35.5. The normalized spacial score (nSPS) is 10.8. The molecule has 27 heavy (non-hydrogen) atoms. The van der Waals surface area contributed by atoms with Crippen molar-refractivity contribution >= 4 is 23.2 Å². The van der Waals surface area contributed by atoms with E-state index in [-0.39, 0.29) is 11.6 Å². The molecule has 7 nitrogen and oxygen atoms in total. The van der Waals surface area contributed by atoms with E-state index >= 15 is 0 Å². The van der Waals surface area contributed by atoms with Crippen molar-refractivity contribution in [2.75, 3.05) is 32.6 Å². The van der Waals surface area contributed by atoms with Gasteiger partial charge in [0.1, 0.15) is 12.4 Å². The zero-order valence-corrected chi connectivity index (χ0v) is 15.8. The summed E-state index contributed by atoms with van der Waals surface area (Å²) < 4.78 is 7.10. The summed E-state index contributed by atoms with van der Waals surface area (Å²) in [5, 5.41) is 11.2. The first-order valence-corrected chi connectivity index (χ1v) is 8.77. The molecule has 0 saturated heterocycles. The lowest BCUT2D eigenvalue weighted by molar-refractivity contribution is 0.102. The van der Waals surface area contributed by atoms with Crippen molar-refractivity contribution in [3.63, 3.8) is 0 Å². The van der Waals surface area contributed by atoms with Crippen LogP contribution in [0.25, 0.3) is 5.69 Å². The summed E-state index contributed by atoms with van der Waals surface area (Å²) in [6.07, 6.45) is 1.54. The van der Waals surface area contributed by atoms with Gasteiger partial charge < -0.3 is 15.0 Å². The lowest BCUT2D eigenvalue weighted by Crippen LogP contribution is -2.19. The number of anilines is 1. The third kappa shape index (κ3) is 5.06. The molecule has 0 aliphatic heterocycles. The molecule has 1 N–H and O–H groups in total. The molecule has 1 heterocycles. The first-order valence-electron chi connectivity index (χ1n) is 8.39. The molecule has 8 heteroatoms. The number of likely N-dealkylation sites (N-methyl/N-ethyl adjacent to an activating group) is 1. The summed E-state index contributed by atoms with van der Waals surface area (Å²) in [6, 6.07) is 14.4. The maximum atomic E-state index is 12.4. The standard InChI is InChI=1S/C19H20ClN5O2/c1-24(2)11-12-27-15-9-7-14(8-10-15)21-19(26)17-13-25(23-22-17)18-6-4-3-5-16(18)20/h3-10,13H,11-12H2,1-2H3,(H,21,26). The van der Waals surface area contributed by atoms with E-state index in [1.165, 1.54) is 10.9 Å². The van der Waals surface area contributed by atoms with Crippen LogP contribution in [0.5, 0.6) is 5.75 Å². The van der Waals surface area contributed by atoms with Crippen LogP contribution in [0.15, 0.2) is 54.7 Å². The van der Waals surface area contributed by atoms with E-state index < -0.39 is 0 Å². The van der Waals surface area contributed by atoms with Crippen molar-refractivity contribution in [1.29, 1.82) is 0 Å². The quantitative estimate of drug-likeness (QED) is 0.676. The van der Waals surface area contributed by atoms with Crippen LogP contribution in [-0.4, -0.2) is 53.0 Å². The maximum Gasteiger partial charge on any atom is 0.277 e. The molecule has 140 valence electrons. The van der Waals surface area contributed by atoms with Crippen molar-refractivity contribution in [3.05, 3.63) is 65.4 Å². The highest BCUT2D eigenvalue weighted by Gasteiger charge is 2.13. The minimum Gasteiger partial charge on any atom is -0.492 e. The Labute approximate surface area is 162 Å². The van der Waals surface area contributed by atoms with Crippen molar-refractivity contribution < 1.29 is 9.53 Å². The van der Waals surface area contributed by atoms with Crippen LogP contribution in [0.1, 0.15) is 10.5 Å². The van der Waals surface area contributed by atoms with Gasteiger partial charge in [-0.3, -0.25) is 4.79 Å². The molecule has 0 fully saturated rings. The Morgan fingerprint density at radius 1 is 1.19 bits per heavy atom. The van der Waals surface area contributed by atoms with Crippen molar-refractivity contribution in [2.24, 2.45) is 0 Å². The van der Waals surface area contributed by atoms with Gasteiger partial charge in [-0.2, -0.15) is 0 Å². The minimum absolute atomic E-state index is 0.196. The molecule has 0 aliphatic rings. The van der Waals surface area contributed by atoms with E-state index in [0.29, 0.717) is 23.0 Å². The number of carbonyl (C=O) groups excluding carboxylic acids is 1. The number of ether oxygens (including phenoxy) is 1. The highest BCUT2D eigenvalue weighted by Crippen LogP contribution is 2.19. The van der Waals surface area contributed by atoms with Crippen molar-refractivity contribution in [3.8, 4) is 11.4 Å². The largest absolute Gasteiger partial charge is 0.492 e. The van der Waals surface area contributed by atoms with Gasteiger partial charge in [0, 0.05) is 12.2 Å². The van der Waals surface area contributed by atoms with E-state index in [1.54, 1.807) is 24.3 Å². The van der Waals surface area contributed by atoms with Gasteiger partial charge in [0.05, 0.1) is 16.9 Å². The molecule has 0 spiro atoms. The van der Waals surface area contributed by atoms with Crippen molar-refractivity contribution in [1.82, 2.24) is 19.9 Å². The van der Waals surface area contributed by atoms with Crippen LogP contribution in [0.4, 0.5) is 5.69 Å². The molecular formula is C19H20ClN5O2.